The average Bonchev–Trinajstić information content (AvgIpc) is 2.35. The molecule has 0 aromatic heterocycles. The van der Waals surface area contributed by atoms with Gasteiger partial charge in [-0.05, 0) is 51.5 Å². The van der Waals surface area contributed by atoms with Gasteiger partial charge in [0.05, 0.1) is 4.90 Å². The lowest BCUT2D eigenvalue weighted by Gasteiger charge is -2.22. The molecule has 20 heavy (non-hydrogen) atoms. The molecule has 0 aliphatic rings. The average molecular weight is 300 g/mol. The maximum absolute atomic E-state index is 11.9. The molecular weight excluding hydrogens is 276 g/mol. The quantitative estimate of drug-likeness (QED) is 0.805. The summed E-state index contributed by atoms with van der Waals surface area (Å²) in [4.78, 5) is 0.226. The number of hydrogen-bond acceptors (Lipinski definition) is 4. The van der Waals surface area contributed by atoms with Crippen LogP contribution in [0.4, 0.5) is 0 Å². The van der Waals surface area contributed by atoms with Gasteiger partial charge >= 0.3 is 0 Å². The number of sulfonamides is 1. The van der Waals surface area contributed by atoms with Crippen LogP contribution in [0.3, 0.4) is 0 Å². The molecule has 0 heterocycles. The number of hydrogen-bond donors (Lipinski definition) is 2. The molecule has 0 amide bonds. The van der Waals surface area contributed by atoms with Crippen molar-refractivity contribution in [3.8, 4) is 5.75 Å². The van der Waals surface area contributed by atoms with E-state index in [1.165, 1.54) is 12.1 Å². The smallest absolute Gasteiger partial charge is 0.240 e. The number of rotatable bonds is 7. The molecule has 5 nitrogen and oxygen atoms in total. The van der Waals surface area contributed by atoms with Gasteiger partial charge in [-0.25, -0.2) is 13.1 Å². The molecule has 1 rings (SSSR count). The molecule has 0 bridgehead atoms. The van der Waals surface area contributed by atoms with Gasteiger partial charge in [0.15, 0.2) is 0 Å². The van der Waals surface area contributed by atoms with Gasteiger partial charge in [0.2, 0.25) is 10.0 Å². The van der Waals surface area contributed by atoms with Crippen molar-refractivity contribution in [3.63, 3.8) is 0 Å². The van der Waals surface area contributed by atoms with Crippen molar-refractivity contribution >= 4 is 10.0 Å². The summed E-state index contributed by atoms with van der Waals surface area (Å²) in [7, 11) is -3.45. The van der Waals surface area contributed by atoms with Gasteiger partial charge in [0.1, 0.15) is 12.4 Å². The van der Waals surface area contributed by atoms with E-state index in [2.05, 4.69) is 4.72 Å². The molecular formula is C14H24N2O3S. The van der Waals surface area contributed by atoms with E-state index in [1.54, 1.807) is 26.0 Å². The van der Waals surface area contributed by atoms with E-state index >= 15 is 0 Å². The highest BCUT2D eigenvalue weighted by Gasteiger charge is 2.17. The first kappa shape index (κ1) is 16.9. The number of nitrogens with two attached hydrogens (primary N) is 1. The van der Waals surface area contributed by atoms with Crippen molar-refractivity contribution in [2.24, 2.45) is 5.73 Å². The largest absolute Gasteiger partial charge is 0.492 e. The second-order valence-corrected chi connectivity index (χ2v) is 7.26. The second kappa shape index (κ2) is 6.56. The molecule has 0 radical (unpaired) electrons. The van der Waals surface area contributed by atoms with Gasteiger partial charge < -0.3 is 10.5 Å². The molecule has 1 aromatic rings. The van der Waals surface area contributed by atoms with Crippen LogP contribution in [0.25, 0.3) is 0 Å². The third-order valence-corrected chi connectivity index (χ3v) is 4.58. The molecule has 0 saturated carbocycles. The summed E-state index contributed by atoms with van der Waals surface area (Å²) in [5, 5.41) is 0. The van der Waals surface area contributed by atoms with Crippen molar-refractivity contribution < 1.29 is 13.2 Å². The van der Waals surface area contributed by atoms with Crippen LogP contribution in [-0.4, -0.2) is 26.6 Å². The Labute approximate surface area is 121 Å². The first-order chi connectivity index (χ1) is 9.16. The Morgan fingerprint density at radius 2 is 1.85 bits per heavy atom. The molecule has 0 fully saturated rings. The number of nitrogens with one attached hydrogen (secondary N) is 1. The second-order valence-electron chi connectivity index (χ2n) is 5.54. The van der Waals surface area contributed by atoms with E-state index in [9.17, 15) is 8.42 Å². The van der Waals surface area contributed by atoms with Crippen LogP contribution < -0.4 is 15.2 Å². The van der Waals surface area contributed by atoms with Crippen molar-refractivity contribution in [1.82, 2.24) is 4.72 Å². The number of benzene rings is 1. The highest BCUT2D eigenvalue weighted by Crippen LogP contribution is 2.17. The highest BCUT2D eigenvalue weighted by atomic mass is 32.2. The van der Waals surface area contributed by atoms with Crippen LogP contribution >= 0.6 is 0 Å². The molecule has 0 spiro atoms. The minimum Gasteiger partial charge on any atom is -0.492 e. The lowest BCUT2D eigenvalue weighted by atomic mass is 10.0. The summed E-state index contributed by atoms with van der Waals surface area (Å²) in [6.45, 7) is 7.86. The van der Waals surface area contributed by atoms with Crippen molar-refractivity contribution in [3.05, 3.63) is 24.3 Å². The van der Waals surface area contributed by atoms with Gasteiger partial charge in [-0.1, -0.05) is 6.92 Å². The Morgan fingerprint density at radius 3 is 2.30 bits per heavy atom. The fourth-order valence-electron chi connectivity index (χ4n) is 1.44. The van der Waals surface area contributed by atoms with E-state index in [4.69, 9.17) is 10.5 Å². The van der Waals surface area contributed by atoms with Crippen LogP contribution in [0.15, 0.2) is 29.2 Å². The summed E-state index contributed by atoms with van der Waals surface area (Å²) in [5.74, 6) is 0.610. The summed E-state index contributed by atoms with van der Waals surface area (Å²) in [5.41, 5.74) is 5.60. The molecule has 1 aromatic carbocycles. The Balaban J connectivity index is 2.75. The number of ether oxygens (including phenoxy) is 1. The Kier molecular flexibility index (Phi) is 5.56. The fourth-order valence-corrected chi connectivity index (χ4v) is 2.69. The Morgan fingerprint density at radius 1 is 1.30 bits per heavy atom. The normalized spacial score (nSPS) is 15.1. The Hall–Kier alpha value is -1.11. The lowest BCUT2D eigenvalue weighted by Crippen LogP contribution is -2.41. The molecule has 0 aliphatic carbocycles. The maximum atomic E-state index is 11.9. The summed E-state index contributed by atoms with van der Waals surface area (Å²) in [6.07, 6.45) is 0.803. The first-order valence-corrected chi connectivity index (χ1v) is 8.19. The zero-order valence-electron chi connectivity index (χ0n) is 12.5. The summed E-state index contributed by atoms with van der Waals surface area (Å²) >= 11 is 0. The predicted octanol–water partition coefficient (Wildman–Crippen LogP) is 1.88. The van der Waals surface area contributed by atoms with E-state index in [1.807, 2.05) is 13.8 Å². The Bertz CT molecular complexity index is 522. The van der Waals surface area contributed by atoms with Crippen LogP contribution in [-0.2, 0) is 10.0 Å². The van der Waals surface area contributed by atoms with Crippen LogP contribution in [0.2, 0.25) is 0 Å². The zero-order valence-corrected chi connectivity index (χ0v) is 13.3. The van der Waals surface area contributed by atoms with Gasteiger partial charge in [-0.3, -0.25) is 0 Å². The third kappa shape index (κ3) is 5.11. The molecule has 114 valence electrons. The molecule has 0 saturated heterocycles. The molecule has 6 heteroatoms. The van der Waals surface area contributed by atoms with E-state index in [0.29, 0.717) is 12.4 Å². The summed E-state index contributed by atoms with van der Waals surface area (Å²) in [6, 6.07) is 6.19. The highest BCUT2D eigenvalue weighted by molar-refractivity contribution is 7.89. The molecule has 1 atom stereocenters. The maximum Gasteiger partial charge on any atom is 0.240 e. The molecule has 0 aliphatic heterocycles. The monoisotopic (exact) mass is 300 g/mol. The van der Waals surface area contributed by atoms with Crippen molar-refractivity contribution in [2.45, 2.75) is 50.6 Å². The van der Waals surface area contributed by atoms with Gasteiger partial charge in [-0.2, -0.15) is 0 Å². The van der Waals surface area contributed by atoms with Crippen molar-refractivity contribution in [1.29, 1.82) is 0 Å². The molecule has 1 unspecified atom stereocenters. The van der Waals surface area contributed by atoms with E-state index in [0.717, 1.165) is 6.42 Å². The van der Waals surface area contributed by atoms with E-state index in [-0.39, 0.29) is 16.5 Å². The van der Waals surface area contributed by atoms with Gasteiger partial charge in [0, 0.05) is 11.6 Å². The summed E-state index contributed by atoms with van der Waals surface area (Å²) < 4.78 is 32.0. The van der Waals surface area contributed by atoms with Crippen molar-refractivity contribution in [2.75, 3.05) is 6.61 Å². The zero-order chi connectivity index (χ0) is 15.4. The third-order valence-electron chi connectivity index (χ3n) is 2.90. The first-order valence-electron chi connectivity index (χ1n) is 6.70. The standard InChI is InChI=1S/C14H24N2O3S/c1-5-14(4,15)10-19-12-6-8-13(9-7-12)20(17,18)16-11(2)3/h6-9,11,16H,5,10,15H2,1-4H3. The topological polar surface area (TPSA) is 81.4 Å². The van der Waals surface area contributed by atoms with Crippen LogP contribution in [0.1, 0.15) is 34.1 Å². The SMILES string of the molecule is CCC(C)(N)COc1ccc(S(=O)(=O)NC(C)C)cc1. The van der Waals surface area contributed by atoms with Crippen LogP contribution in [0, 0.1) is 0 Å². The fraction of sp³-hybridized carbons (Fsp3) is 0.571. The molecule has 3 N–H and O–H groups in total. The van der Waals surface area contributed by atoms with Crippen LogP contribution in [0.5, 0.6) is 5.75 Å². The minimum atomic E-state index is -3.45. The van der Waals surface area contributed by atoms with Gasteiger partial charge in [0.25, 0.3) is 0 Å². The van der Waals surface area contributed by atoms with E-state index < -0.39 is 10.0 Å². The lowest BCUT2D eigenvalue weighted by molar-refractivity contribution is 0.226. The van der Waals surface area contributed by atoms with Gasteiger partial charge in [-0.15, -0.1) is 0 Å². The minimum absolute atomic E-state index is 0.140. The predicted molar refractivity (Wildman–Crippen MR) is 80.3 cm³/mol.